The van der Waals surface area contributed by atoms with Crippen LogP contribution in [-0.4, -0.2) is 30.6 Å². The fourth-order valence-corrected chi connectivity index (χ4v) is 7.20. The van der Waals surface area contributed by atoms with Gasteiger partial charge < -0.3 is 8.85 Å². The first-order valence-corrected chi connectivity index (χ1v) is 11.2. The molecule has 0 rings (SSSR count). The van der Waals surface area contributed by atoms with Gasteiger partial charge in [-0.2, -0.15) is 0 Å². The highest BCUT2D eigenvalue weighted by molar-refractivity contribution is 6.84. The summed E-state index contributed by atoms with van der Waals surface area (Å²) in [6.45, 7) is 13.2. The maximum Gasteiger partial charge on any atom is 0.318 e. The van der Waals surface area contributed by atoms with Gasteiger partial charge in [-0.05, 0) is 18.5 Å². The van der Waals surface area contributed by atoms with Crippen molar-refractivity contribution in [3.8, 4) is 0 Å². The topological polar surface area (TPSA) is 18.5 Å². The summed E-state index contributed by atoms with van der Waals surface area (Å²) in [5, 5.41) is 0. The molecule has 0 spiro atoms. The molecule has 0 aromatic rings. The van der Waals surface area contributed by atoms with Crippen molar-refractivity contribution < 1.29 is 8.85 Å². The van der Waals surface area contributed by atoms with Crippen molar-refractivity contribution in [2.24, 2.45) is 0 Å². The first kappa shape index (κ1) is 14.4. The minimum atomic E-state index is -1.33. The van der Waals surface area contributed by atoms with Gasteiger partial charge in [0.15, 0.2) is 0 Å². The molecule has 2 nitrogen and oxygen atoms in total. The zero-order chi connectivity index (χ0) is 11.0. The van der Waals surface area contributed by atoms with Gasteiger partial charge in [0.2, 0.25) is 0 Å². The smallest absolute Gasteiger partial charge is 0.318 e. The Morgan fingerprint density at radius 1 is 0.929 bits per heavy atom. The summed E-state index contributed by atoms with van der Waals surface area (Å²) in [5.74, 6) is 0. The Kier molecular flexibility index (Phi) is 7.81. The third-order valence-corrected chi connectivity index (χ3v) is 9.24. The van der Waals surface area contributed by atoms with Crippen molar-refractivity contribution in [1.82, 2.24) is 0 Å². The highest BCUT2D eigenvalue weighted by Crippen LogP contribution is 2.12. The Morgan fingerprint density at radius 2 is 1.36 bits per heavy atom. The molecule has 4 heteroatoms. The van der Waals surface area contributed by atoms with Gasteiger partial charge in [-0.25, -0.2) is 0 Å². The van der Waals surface area contributed by atoms with E-state index in [2.05, 4.69) is 33.5 Å². The molecule has 0 unspecified atom stereocenters. The quantitative estimate of drug-likeness (QED) is 0.601. The van der Waals surface area contributed by atoms with Crippen molar-refractivity contribution in [2.45, 2.75) is 52.0 Å². The molecular formula is C10H26O2Si2. The Labute approximate surface area is 91.9 Å². The molecule has 0 atom stereocenters. The summed E-state index contributed by atoms with van der Waals surface area (Å²) in [4.78, 5) is 0. The zero-order valence-electron chi connectivity index (χ0n) is 10.4. The van der Waals surface area contributed by atoms with Gasteiger partial charge >= 0.3 is 9.28 Å². The minimum absolute atomic E-state index is 0.880. The molecule has 0 amide bonds. The monoisotopic (exact) mass is 234 g/mol. The lowest BCUT2D eigenvalue weighted by Crippen LogP contribution is -2.34. The van der Waals surface area contributed by atoms with Crippen LogP contribution in [0.4, 0.5) is 0 Å². The minimum Gasteiger partial charge on any atom is -0.397 e. The van der Waals surface area contributed by atoms with Crippen molar-refractivity contribution in [1.29, 1.82) is 0 Å². The number of rotatable bonds is 8. The van der Waals surface area contributed by atoms with Crippen molar-refractivity contribution in [3.63, 3.8) is 0 Å². The van der Waals surface area contributed by atoms with E-state index >= 15 is 0 Å². The molecule has 0 saturated heterocycles. The second kappa shape index (κ2) is 7.62. The zero-order valence-corrected chi connectivity index (χ0v) is 12.6. The van der Waals surface area contributed by atoms with Gasteiger partial charge in [0.05, 0.1) is 0 Å². The van der Waals surface area contributed by atoms with Crippen LogP contribution in [0.5, 0.6) is 0 Å². The summed E-state index contributed by atoms with van der Waals surface area (Å²) in [7, 11) is -2.34. The molecule has 0 bridgehead atoms. The van der Waals surface area contributed by atoms with E-state index in [4.69, 9.17) is 8.85 Å². The number of hydrogen-bond donors (Lipinski definition) is 0. The molecule has 0 radical (unpaired) electrons. The van der Waals surface area contributed by atoms with Crippen LogP contribution >= 0.6 is 0 Å². The fourth-order valence-electron chi connectivity index (χ4n) is 1.16. The normalized spacial score (nSPS) is 12.4. The SMILES string of the molecule is CCCO[SiH](C[Si](C)(C)C)OCCC. The third-order valence-electron chi connectivity index (χ3n) is 1.79. The average Bonchev–Trinajstić information content (AvgIpc) is 2.07. The van der Waals surface area contributed by atoms with Crippen LogP contribution in [0, 0.1) is 0 Å². The van der Waals surface area contributed by atoms with E-state index in [0.29, 0.717) is 0 Å². The van der Waals surface area contributed by atoms with Crippen molar-refractivity contribution in [2.75, 3.05) is 13.2 Å². The summed E-state index contributed by atoms with van der Waals surface area (Å²) in [6, 6.07) is 0. The first-order chi connectivity index (χ1) is 6.49. The maximum absolute atomic E-state index is 5.82. The summed E-state index contributed by atoms with van der Waals surface area (Å²) in [6.07, 6.45) is 2.20. The summed E-state index contributed by atoms with van der Waals surface area (Å²) < 4.78 is 11.6. The lowest BCUT2D eigenvalue weighted by molar-refractivity contribution is 0.200. The van der Waals surface area contributed by atoms with Gasteiger partial charge in [-0.1, -0.05) is 33.5 Å². The number of hydrogen-bond acceptors (Lipinski definition) is 2. The van der Waals surface area contributed by atoms with E-state index in [0.717, 1.165) is 26.1 Å². The Balaban J connectivity index is 3.84. The van der Waals surface area contributed by atoms with Crippen LogP contribution in [0.1, 0.15) is 26.7 Å². The molecule has 0 aliphatic carbocycles. The van der Waals surface area contributed by atoms with Gasteiger partial charge in [0.1, 0.15) is 0 Å². The molecule has 0 heterocycles. The third kappa shape index (κ3) is 8.93. The predicted molar refractivity (Wildman–Crippen MR) is 67.8 cm³/mol. The molecule has 0 aliphatic rings. The van der Waals surface area contributed by atoms with E-state index in [9.17, 15) is 0 Å². The van der Waals surface area contributed by atoms with Crippen LogP contribution in [0.3, 0.4) is 0 Å². The van der Waals surface area contributed by atoms with Crippen LogP contribution in [0.15, 0.2) is 0 Å². The first-order valence-electron chi connectivity index (χ1n) is 5.72. The van der Waals surface area contributed by atoms with Crippen molar-refractivity contribution in [3.05, 3.63) is 0 Å². The lowest BCUT2D eigenvalue weighted by Gasteiger charge is -2.23. The highest BCUT2D eigenvalue weighted by atomic mass is 28.4. The van der Waals surface area contributed by atoms with E-state index in [-0.39, 0.29) is 0 Å². The Morgan fingerprint density at radius 3 is 1.64 bits per heavy atom. The van der Waals surface area contributed by atoms with Crippen LogP contribution in [0.2, 0.25) is 25.3 Å². The second-order valence-corrected chi connectivity index (χ2v) is 13.2. The van der Waals surface area contributed by atoms with Gasteiger partial charge in [-0.3, -0.25) is 0 Å². The van der Waals surface area contributed by atoms with Crippen LogP contribution in [-0.2, 0) is 8.85 Å². The molecule has 0 aromatic carbocycles. The lowest BCUT2D eigenvalue weighted by atomic mass is 10.5. The van der Waals surface area contributed by atoms with Crippen LogP contribution in [0.25, 0.3) is 0 Å². The molecule has 0 aromatic heterocycles. The van der Waals surface area contributed by atoms with E-state index in [1.54, 1.807) is 0 Å². The molecule has 0 saturated carbocycles. The van der Waals surface area contributed by atoms with Gasteiger partial charge in [0.25, 0.3) is 0 Å². The fraction of sp³-hybridized carbons (Fsp3) is 1.00. The Hall–Kier alpha value is 0.354. The van der Waals surface area contributed by atoms with E-state index in [1.165, 1.54) is 5.67 Å². The largest absolute Gasteiger partial charge is 0.397 e. The van der Waals surface area contributed by atoms with E-state index < -0.39 is 17.4 Å². The molecule has 0 fully saturated rings. The Bertz CT molecular complexity index is 127. The summed E-state index contributed by atoms with van der Waals surface area (Å²) in [5.41, 5.74) is 1.24. The standard InChI is InChI=1S/C10H26O2Si2/c1-6-8-11-13(12-9-7-2)10-14(3,4)5/h13H,6-10H2,1-5H3. The van der Waals surface area contributed by atoms with E-state index in [1.807, 2.05) is 0 Å². The maximum atomic E-state index is 5.82. The highest BCUT2D eigenvalue weighted by Gasteiger charge is 2.23. The molecule has 14 heavy (non-hydrogen) atoms. The summed E-state index contributed by atoms with van der Waals surface area (Å²) >= 11 is 0. The predicted octanol–water partition coefficient (Wildman–Crippen LogP) is 2.94. The molecule has 86 valence electrons. The average molecular weight is 234 g/mol. The van der Waals surface area contributed by atoms with Crippen molar-refractivity contribution >= 4 is 17.4 Å². The van der Waals surface area contributed by atoms with Crippen LogP contribution < -0.4 is 0 Å². The molecule has 0 aliphatic heterocycles. The van der Waals surface area contributed by atoms with Gasteiger partial charge in [0, 0.05) is 21.3 Å². The molecular weight excluding hydrogens is 208 g/mol. The van der Waals surface area contributed by atoms with Gasteiger partial charge in [-0.15, -0.1) is 0 Å². The molecule has 0 N–H and O–H groups in total. The second-order valence-electron chi connectivity index (χ2n) is 4.94.